The molecule has 0 radical (unpaired) electrons. The molecule has 1 atom stereocenters. The Labute approximate surface area is 168 Å². The summed E-state index contributed by atoms with van der Waals surface area (Å²) in [7, 11) is 1.71. The largest absolute Gasteiger partial charge is 0.496 e. The molecule has 0 bridgehead atoms. The lowest BCUT2D eigenvalue weighted by Gasteiger charge is -2.33. The molecule has 0 aromatic heterocycles. The average Bonchev–Trinajstić information content (AvgIpc) is 3.38. The van der Waals surface area contributed by atoms with Crippen LogP contribution in [0.2, 0.25) is 0 Å². The predicted molar refractivity (Wildman–Crippen MR) is 109 cm³/mol. The van der Waals surface area contributed by atoms with Crippen LogP contribution >= 0.6 is 0 Å². The molecule has 1 aromatic carbocycles. The van der Waals surface area contributed by atoms with Crippen LogP contribution < -0.4 is 10.1 Å². The Bertz CT molecular complexity index is 667. The minimum Gasteiger partial charge on any atom is -0.496 e. The van der Waals surface area contributed by atoms with E-state index in [1.54, 1.807) is 7.11 Å². The van der Waals surface area contributed by atoms with E-state index in [2.05, 4.69) is 16.3 Å². The number of piperidine rings is 1. The molecular formula is C22H33N3O3. The van der Waals surface area contributed by atoms with Crippen LogP contribution in [0, 0.1) is 0 Å². The number of methoxy groups -OCH3 is 1. The van der Waals surface area contributed by atoms with Crippen molar-refractivity contribution in [2.45, 2.75) is 50.7 Å². The molecule has 6 nitrogen and oxygen atoms in total. The molecule has 0 saturated carbocycles. The number of carbonyl (C=O) groups is 1. The van der Waals surface area contributed by atoms with Gasteiger partial charge in [0.1, 0.15) is 5.75 Å². The Morgan fingerprint density at radius 2 is 1.93 bits per heavy atom. The number of hydrogen-bond acceptors (Lipinski definition) is 4. The Balaban J connectivity index is 1.21. The van der Waals surface area contributed by atoms with E-state index >= 15 is 0 Å². The van der Waals surface area contributed by atoms with Crippen LogP contribution in [0.5, 0.6) is 5.75 Å². The van der Waals surface area contributed by atoms with E-state index in [1.807, 2.05) is 17.0 Å². The molecule has 154 valence electrons. The zero-order valence-corrected chi connectivity index (χ0v) is 17.0. The zero-order valence-electron chi connectivity index (χ0n) is 17.0. The van der Waals surface area contributed by atoms with Gasteiger partial charge >= 0.3 is 6.03 Å². The van der Waals surface area contributed by atoms with Gasteiger partial charge in [-0.3, -0.25) is 0 Å². The summed E-state index contributed by atoms with van der Waals surface area (Å²) in [6.07, 6.45) is 6.71. The maximum absolute atomic E-state index is 12.7. The maximum Gasteiger partial charge on any atom is 0.317 e. The molecule has 2 saturated heterocycles. The van der Waals surface area contributed by atoms with Crippen molar-refractivity contribution in [1.29, 1.82) is 0 Å². The fraction of sp³-hybridized carbons (Fsp3) is 0.682. The monoisotopic (exact) mass is 387 g/mol. The van der Waals surface area contributed by atoms with Crippen LogP contribution in [0.4, 0.5) is 4.79 Å². The van der Waals surface area contributed by atoms with Gasteiger partial charge in [0.05, 0.1) is 25.9 Å². The van der Waals surface area contributed by atoms with E-state index in [4.69, 9.17) is 9.47 Å². The van der Waals surface area contributed by atoms with E-state index in [-0.39, 0.29) is 12.1 Å². The molecule has 28 heavy (non-hydrogen) atoms. The van der Waals surface area contributed by atoms with Gasteiger partial charge in [-0.05, 0) is 68.8 Å². The molecule has 6 heteroatoms. The highest BCUT2D eigenvalue weighted by Gasteiger charge is 2.29. The topological polar surface area (TPSA) is 54.0 Å². The molecule has 1 N–H and O–H groups in total. The molecule has 4 rings (SSSR count). The molecule has 1 aliphatic carbocycles. The second kappa shape index (κ2) is 9.14. The summed E-state index contributed by atoms with van der Waals surface area (Å²) in [6, 6.07) is 6.25. The predicted octanol–water partition coefficient (Wildman–Crippen LogP) is 2.97. The first-order chi connectivity index (χ1) is 13.7. The molecule has 1 aromatic rings. The molecular weight excluding hydrogens is 354 g/mol. The summed E-state index contributed by atoms with van der Waals surface area (Å²) >= 11 is 0. The van der Waals surface area contributed by atoms with Gasteiger partial charge < -0.3 is 24.6 Å². The number of fused-ring (bicyclic) bond motifs is 1. The summed E-state index contributed by atoms with van der Waals surface area (Å²) in [6.45, 7) is 5.86. The summed E-state index contributed by atoms with van der Waals surface area (Å²) in [5.41, 5.74) is 2.44. The normalized spacial score (nSPS) is 23.0. The van der Waals surface area contributed by atoms with Crippen LogP contribution in [0.1, 0.15) is 49.3 Å². The number of benzene rings is 1. The average molecular weight is 388 g/mol. The van der Waals surface area contributed by atoms with Crippen molar-refractivity contribution in [2.75, 3.05) is 46.4 Å². The SMILES string of the molecule is COc1cccc2c1CCC2NC(=O)N1CCC(OCCN2CCCC2)CC1. The minimum atomic E-state index is 0.0520. The quantitative estimate of drug-likeness (QED) is 0.815. The van der Waals surface area contributed by atoms with Gasteiger partial charge in [0, 0.05) is 19.6 Å². The number of nitrogens with zero attached hydrogens (tertiary/aromatic N) is 2. The Morgan fingerprint density at radius 1 is 1.14 bits per heavy atom. The molecule has 2 aliphatic heterocycles. The molecule has 2 heterocycles. The standard InChI is InChI=1S/C22H33N3O3/c1-27-21-6-4-5-18-19(21)7-8-20(18)23-22(26)25-13-9-17(10-14-25)28-16-15-24-11-2-3-12-24/h4-6,17,20H,2-3,7-16H2,1H3,(H,23,26). The van der Waals surface area contributed by atoms with Crippen LogP contribution in [-0.4, -0.2) is 68.4 Å². The van der Waals surface area contributed by atoms with Crippen molar-refractivity contribution in [3.05, 3.63) is 29.3 Å². The number of rotatable bonds is 6. The summed E-state index contributed by atoms with van der Waals surface area (Å²) < 4.78 is 11.5. The van der Waals surface area contributed by atoms with Crippen molar-refractivity contribution < 1.29 is 14.3 Å². The lowest BCUT2D eigenvalue weighted by molar-refractivity contribution is 0.00678. The van der Waals surface area contributed by atoms with Crippen molar-refractivity contribution in [2.24, 2.45) is 0 Å². The first kappa shape index (κ1) is 19.5. The lowest BCUT2D eigenvalue weighted by Crippen LogP contribution is -2.46. The third-order valence-electron chi connectivity index (χ3n) is 6.43. The maximum atomic E-state index is 12.7. The van der Waals surface area contributed by atoms with Crippen molar-refractivity contribution in [1.82, 2.24) is 15.1 Å². The van der Waals surface area contributed by atoms with Gasteiger partial charge in [-0.2, -0.15) is 0 Å². The van der Waals surface area contributed by atoms with Crippen molar-refractivity contribution in [3.8, 4) is 5.75 Å². The van der Waals surface area contributed by atoms with E-state index in [9.17, 15) is 4.79 Å². The highest BCUT2D eigenvalue weighted by atomic mass is 16.5. The molecule has 0 spiro atoms. The van der Waals surface area contributed by atoms with Crippen LogP contribution in [0.15, 0.2) is 18.2 Å². The number of urea groups is 1. The Kier molecular flexibility index (Phi) is 6.37. The smallest absolute Gasteiger partial charge is 0.317 e. The van der Waals surface area contributed by atoms with Gasteiger partial charge in [0.15, 0.2) is 0 Å². The summed E-state index contributed by atoms with van der Waals surface area (Å²) in [5.74, 6) is 0.932. The number of amides is 2. The number of ether oxygens (including phenoxy) is 2. The van der Waals surface area contributed by atoms with E-state index in [1.165, 1.54) is 37.1 Å². The third kappa shape index (κ3) is 4.44. The number of nitrogens with one attached hydrogen (secondary N) is 1. The molecule has 1 unspecified atom stereocenters. The van der Waals surface area contributed by atoms with Crippen molar-refractivity contribution >= 4 is 6.03 Å². The van der Waals surface area contributed by atoms with E-state index in [0.29, 0.717) is 6.10 Å². The first-order valence-corrected chi connectivity index (χ1v) is 10.8. The van der Waals surface area contributed by atoms with Crippen LogP contribution in [0.3, 0.4) is 0 Å². The lowest BCUT2D eigenvalue weighted by atomic mass is 10.1. The number of carbonyl (C=O) groups excluding carboxylic acids is 1. The molecule has 2 fully saturated rings. The molecule has 2 amide bonds. The second-order valence-electron chi connectivity index (χ2n) is 8.17. The highest BCUT2D eigenvalue weighted by molar-refractivity contribution is 5.75. The highest BCUT2D eigenvalue weighted by Crippen LogP contribution is 2.36. The van der Waals surface area contributed by atoms with Gasteiger partial charge in [-0.15, -0.1) is 0 Å². The van der Waals surface area contributed by atoms with Gasteiger partial charge in [0.2, 0.25) is 0 Å². The number of likely N-dealkylation sites (tertiary alicyclic amines) is 2. The third-order valence-corrected chi connectivity index (χ3v) is 6.43. The fourth-order valence-electron chi connectivity index (χ4n) is 4.78. The van der Waals surface area contributed by atoms with Crippen molar-refractivity contribution in [3.63, 3.8) is 0 Å². The van der Waals surface area contributed by atoms with E-state index in [0.717, 1.165) is 57.7 Å². The van der Waals surface area contributed by atoms with Gasteiger partial charge in [0.25, 0.3) is 0 Å². The Morgan fingerprint density at radius 3 is 2.68 bits per heavy atom. The fourth-order valence-corrected chi connectivity index (χ4v) is 4.78. The summed E-state index contributed by atoms with van der Waals surface area (Å²) in [5, 5.41) is 3.24. The molecule has 3 aliphatic rings. The van der Waals surface area contributed by atoms with Crippen LogP contribution in [0.25, 0.3) is 0 Å². The summed E-state index contributed by atoms with van der Waals surface area (Å²) in [4.78, 5) is 17.2. The second-order valence-corrected chi connectivity index (χ2v) is 8.17. The van der Waals surface area contributed by atoms with Crippen LogP contribution in [-0.2, 0) is 11.2 Å². The van der Waals surface area contributed by atoms with Gasteiger partial charge in [-0.1, -0.05) is 12.1 Å². The van der Waals surface area contributed by atoms with Gasteiger partial charge in [-0.25, -0.2) is 4.79 Å². The van der Waals surface area contributed by atoms with E-state index < -0.39 is 0 Å². The number of hydrogen-bond donors (Lipinski definition) is 1. The first-order valence-electron chi connectivity index (χ1n) is 10.8. The zero-order chi connectivity index (χ0) is 19.3. The minimum absolute atomic E-state index is 0.0520. The Hall–Kier alpha value is -1.79.